The van der Waals surface area contributed by atoms with Crippen molar-refractivity contribution in [2.45, 2.75) is 18.8 Å². The zero-order valence-corrected chi connectivity index (χ0v) is 11.9. The molecule has 0 radical (unpaired) electrons. The van der Waals surface area contributed by atoms with Crippen LogP contribution in [-0.2, 0) is 17.1 Å². The Hall–Kier alpha value is -1.97. The highest BCUT2D eigenvalue weighted by molar-refractivity contribution is 6.19. The summed E-state index contributed by atoms with van der Waals surface area (Å²) in [5.74, 6) is -0.943. The van der Waals surface area contributed by atoms with Crippen LogP contribution in [0.2, 0.25) is 0 Å². The van der Waals surface area contributed by atoms with Gasteiger partial charge in [0, 0.05) is 18.0 Å². The predicted octanol–water partition coefficient (Wildman–Crippen LogP) is 4.00. The van der Waals surface area contributed by atoms with Crippen molar-refractivity contribution in [3.05, 3.63) is 29.3 Å². The molecule has 11 heteroatoms. The molecule has 0 bridgehead atoms. The number of carbonyl (C=O) groups is 2. The summed E-state index contributed by atoms with van der Waals surface area (Å²) in [4.78, 5) is 22.5. The van der Waals surface area contributed by atoms with Crippen molar-refractivity contribution < 1.29 is 35.9 Å². The Morgan fingerprint density at radius 1 is 0.957 bits per heavy atom. The van der Waals surface area contributed by atoms with Gasteiger partial charge in [0.1, 0.15) is 0 Å². The summed E-state index contributed by atoms with van der Waals surface area (Å²) in [6, 6.07) is -0.712. The van der Waals surface area contributed by atoms with Gasteiger partial charge in [0.2, 0.25) is 5.91 Å². The van der Waals surface area contributed by atoms with Crippen molar-refractivity contribution >= 4 is 29.2 Å². The lowest BCUT2D eigenvalue weighted by atomic mass is 10.1. The SMILES string of the molecule is O=C(CCCl)NC(=O)Nc1cc(C(F)(F)F)cc(C(F)(F)F)c1. The normalized spacial score (nSPS) is 12.0. The van der Waals surface area contributed by atoms with Gasteiger partial charge in [-0.15, -0.1) is 11.6 Å². The molecule has 3 amide bonds. The Morgan fingerprint density at radius 2 is 1.43 bits per heavy atom. The minimum absolute atomic E-state index is 0.0816. The molecule has 128 valence electrons. The van der Waals surface area contributed by atoms with Crippen LogP contribution in [-0.4, -0.2) is 17.8 Å². The Balaban J connectivity index is 3.06. The number of nitrogens with one attached hydrogen (secondary N) is 2. The van der Waals surface area contributed by atoms with Crippen LogP contribution in [0.3, 0.4) is 0 Å². The molecule has 2 N–H and O–H groups in total. The van der Waals surface area contributed by atoms with Gasteiger partial charge in [-0.2, -0.15) is 26.3 Å². The van der Waals surface area contributed by atoms with Crippen molar-refractivity contribution in [1.29, 1.82) is 0 Å². The molecule has 0 saturated carbocycles. The average Bonchev–Trinajstić information content (AvgIpc) is 2.36. The summed E-state index contributed by atoms with van der Waals surface area (Å²) in [7, 11) is 0. The number of alkyl halides is 7. The summed E-state index contributed by atoms with van der Waals surface area (Å²) in [5, 5.41) is 3.45. The standard InChI is InChI=1S/C12H9ClF6N2O2/c13-2-1-9(22)21-10(23)20-8-4-6(11(14,15)16)3-7(5-8)12(17,18)19/h3-5H,1-2H2,(H2,20,21,22,23). The van der Waals surface area contributed by atoms with E-state index in [2.05, 4.69) is 0 Å². The van der Waals surface area contributed by atoms with Crippen molar-refractivity contribution in [3.8, 4) is 0 Å². The lowest BCUT2D eigenvalue weighted by Crippen LogP contribution is -2.34. The van der Waals surface area contributed by atoms with Gasteiger partial charge in [-0.25, -0.2) is 4.79 Å². The lowest BCUT2D eigenvalue weighted by molar-refractivity contribution is -0.143. The van der Waals surface area contributed by atoms with E-state index in [0.29, 0.717) is 12.1 Å². The van der Waals surface area contributed by atoms with Crippen LogP contribution in [0.1, 0.15) is 17.5 Å². The Labute approximate surface area is 130 Å². The number of benzene rings is 1. The number of amides is 3. The first-order chi connectivity index (χ1) is 10.4. The van der Waals surface area contributed by atoms with Crippen molar-refractivity contribution in [1.82, 2.24) is 5.32 Å². The van der Waals surface area contributed by atoms with Crippen molar-refractivity contribution in [2.24, 2.45) is 0 Å². The highest BCUT2D eigenvalue weighted by Gasteiger charge is 2.37. The van der Waals surface area contributed by atoms with E-state index in [-0.39, 0.29) is 18.4 Å². The molecule has 0 aromatic heterocycles. The van der Waals surface area contributed by atoms with Crippen molar-refractivity contribution in [3.63, 3.8) is 0 Å². The summed E-state index contributed by atoms with van der Waals surface area (Å²) in [5.41, 5.74) is -3.94. The second kappa shape index (κ2) is 7.07. The van der Waals surface area contributed by atoms with Gasteiger partial charge in [0.25, 0.3) is 0 Å². The highest BCUT2D eigenvalue weighted by atomic mass is 35.5. The quantitative estimate of drug-likeness (QED) is 0.630. The molecule has 0 aliphatic rings. The predicted molar refractivity (Wildman–Crippen MR) is 68.9 cm³/mol. The van der Waals surface area contributed by atoms with Crippen LogP contribution in [0.5, 0.6) is 0 Å². The van der Waals surface area contributed by atoms with Crippen molar-refractivity contribution in [2.75, 3.05) is 11.2 Å². The van der Waals surface area contributed by atoms with Crippen LogP contribution in [0.15, 0.2) is 18.2 Å². The fraction of sp³-hybridized carbons (Fsp3) is 0.333. The Morgan fingerprint density at radius 3 is 1.83 bits per heavy atom. The number of imide groups is 1. The number of hydrogen-bond donors (Lipinski definition) is 2. The van der Waals surface area contributed by atoms with E-state index >= 15 is 0 Å². The first kappa shape index (κ1) is 19.1. The zero-order chi connectivity index (χ0) is 17.8. The fourth-order valence-corrected chi connectivity index (χ4v) is 1.64. The molecule has 0 heterocycles. The van der Waals surface area contributed by atoms with Gasteiger partial charge in [-0.3, -0.25) is 10.1 Å². The molecule has 0 aliphatic heterocycles. The molecule has 0 spiro atoms. The van der Waals surface area contributed by atoms with E-state index < -0.39 is 41.1 Å². The topological polar surface area (TPSA) is 58.2 Å². The molecule has 0 saturated heterocycles. The van der Waals surface area contributed by atoms with Gasteiger partial charge in [0.15, 0.2) is 0 Å². The molecule has 23 heavy (non-hydrogen) atoms. The van der Waals surface area contributed by atoms with Crippen LogP contribution in [0.25, 0.3) is 0 Å². The smallest absolute Gasteiger partial charge is 0.308 e. The molecule has 1 aromatic carbocycles. The van der Waals surface area contributed by atoms with Crippen LogP contribution in [0.4, 0.5) is 36.8 Å². The monoisotopic (exact) mass is 362 g/mol. The third kappa shape index (κ3) is 5.97. The van der Waals surface area contributed by atoms with Gasteiger partial charge in [0.05, 0.1) is 11.1 Å². The summed E-state index contributed by atoms with van der Waals surface area (Å²) < 4.78 is 75.7. The molecule has 0 atom stereocenters. The second-order valence-electron chi connectivity index (χ2n) is 4.24. The summed E-state index contributed by atoms with van der Waals surface area (Å²) in [6.07, 6.45) is -10.3. The molecule has 1 rings (SSSR count). The van der Waals surface area contributed by atoms with E-state index in [1.807, 2.05) is 0 Å². The fourth-order valence-electron chi connectivity index (χ4n) is 1.46. The number of rotatable bonds is 3. The van der Waals surface area contributed by atoms with Crippen LogP contribution >= 0.6 is 11.6 Å². The number of hydrogen-bond acceptors (Lipinski definition) is 2. The van der Waals surface area contributed by atoms with E-state index in [9.17, 15) is 35.9 Å². The number of carbonyl (C=O) groups excluding carboxylic acids is 2. The average molecular weight is 363 g/mol. The Kier molecular flexibility index (Phi) is 5.86. The molecule has 0 aliphatic carbocycles. The molecular formula is C12H9ClF6N2O2. The van der Waals surface area contributed by atoms with Gasteiger partial charge < -0.3 is 5.32 Å². The third-order valence-corrected chi connectivity index (χ3v) is 2.61. The molecular weight excluding hydrogens is 354 g/mol. The number of urea groups is 1. The largest absolute Gasteiger partial charge is 0.416 e. The van der Waals surface area contributed by atoms with Crippen LogP contribution < -0.4 is 10.6 Å². The highest BCUT2D eigenvalue weighted by Crippen LogP contribution is 2.37. The first-order valence-corrected chi connectivity index (χ1v) is 6.43. The lowest BCUT2D eigenvalue weighted by Gasteiger charge is -2.14. The molecule has 0 fully saturated rings. The molecule has 0 unspecified atom stereocenters. The molecule has 4 nitrogen and oxygen atoms in total. The van der Waals surface area contributed by atoms with E-state index in [1.54, 1.807) is 10.6 Å². The maximum atomic E-state index is 12.6. The number of halogens is 7. The van der Waals surface area contributed by atoms with Gasteiger partial charge in [-0.05, 0) is 18.2 Å². The number of anilines is 1. The zero-order valence-electron chi connectivity index (χ0n) is 11.1. The maximum absolute atomic E-state index is 12.6. The van der Waals surface area contributed by atoms with E-state index in [0.717, 1.165) is 0 Å². The first-order valence-electron chi connectivity index (χ1n) is 5.90. The van der Waals surface area contributed by atoms with Gasteiger partial charge in [-0.1, -0.05) is 0 Å². The molecule has 1 aromatic rings. The van der Waals surface area contributed by atoms with E-state index in [1.165, 1.54) is 0 Å². The Bertz CT molecular complexity index is 568. The van der Waals surface area contributed by atoms with E-state index in [4.69, 9.17) is 11.6 Å². The minimum atomic E-state index is -5.04. The third-order valence-electron chi connectivity index (χ3n) is 2.42. The van der Waals surface area contributed by atoms with Gasteiger partial charge >= 0.3 is 18.4 Å². The van der Waals surface area contributed by atoms with Crippen LogP contribution in [0, 0.1) is 0 Å². The second-order valence-corrected chi connectivity index (χ2v) is 4.61. The minimum Gasteiger partial charge on any atom is -0.308 e. The summed E-state index contributed by atoms with van der Waals surface area (Å²) >= 11 is 5.24. The summed E-state index contributed by atoms with van der Waals surface area (Å²) in [6.45, 7) is 0. The maximum Gasteiger partial charge on any atom is 0.416 e.